The lowest BCUT2D eigenvalue weighted by molar-refractivity contribution is -0.108. The molecule has 94 valence electrons. The second-order valence-corrected chi connectivity index (χ2v) is 6.33. The van der Waals surface area contributed by atoms with Gasteiger partial charge in [-0.2, -0.15) is 5.06 Å². The third kappa shape index (κ3) is 3.91. The van der Waals surface area contributed by atoms with Gasteiger partial charge in [0.05, 0.1) is 13.1 Å². The highest BCUT2D eigenvalue weighted by Gasteiger charge is 2.07. The fourth-order valence-electron chi connectivity index (χ4n) is 1.70. The first-order valence-electron chi connectivity index (χ1n) is 5.57. The summed E-state index contributed by atoms with van der Waals surface area (Å²) in [5.74, 6) is 0. The van der Waals surface area contributed by atoms with Crippen LogP contribution < -0.4 is 0 Å². The van der Waals surface area contributed by atoms with Gasteiger partial charge >= 0.3 is 0 Å². The molecule has 2 rings (SSSR count). The predicted molar refractivity (Wildman–Crippen MR) is 89.4 cm³/mol. The average Bonchev–Trinajstić information content (AvgIpc) is 2.35. The van der Waals surface area contributed by atoms with Crippen molar-refractivity contribution >= 4 is 45.2 Å². The number of benzene rings is 2. The largest absolute Gasteiger partial charge is 0.313 e. The lowest BCUT2D eigenvalue weighted by Gasteiger charge is -2.16. The molecule has 0 saturated heterocycles. The summed E-state index contributed by atoms with van der Waals surface area (Å²) in [6, 6.07) is 16.2. The Morgan fingerprint density at radius 1 is 0.778 bits per heavy atom. The first kappa shape index (κ1) is 14.2. The predicted octanol–water partition coefficient (Wildman–Crippen LogP) is 4.29. The number of hydrogen-bond acceptors (Lipinski definition) is 2. The molecule has 2 aromatic carbocycles. The summed E-state index contributed by atoms with van der Waals surface area (Å²) >= 11 is 4.58. The summed E-state index contributed by atoms with van der Waals surface area (Å²) in [7, 11) is 0. The van der Waals surface area contributed by atoms with Gasteiger partial charge in [0.25, 0.3) is 0 Å². The smallest absolute Gasteiger partial charge is 0.0502 e. The quantitative estimate of drug-likeness (QED) is 0.539. The molecule has 0 amide bonds. The van der Waals surface area contributed by atoms with Crippen LogP contribution in [0.15, 0.2) is 48.5 Å². The molecule has 4 heteroatoms. The molecular weight excluding hydrogens is 452 g/mol. The number of hydrogen-bond donors (Lipinski definition) is 1. The van der Waals surface area contributed by atoms with Crippen LogP contribution in [0, 0.1) is 7.14 Å². The van der Waals surface area contributed by atoms with E-state index in [1.807, 2.05) is 36.4 Å². The van der Waals surface area contributed by atoms with E-state index in [1.54, 1.807) is 0 Å². The van der Waals surface area contributed by atoms with Gasteiger partial charge in [-0.15, -0.1) is 0 Å². The number of rotatable bonds is 4. The minimum Gasteiger partial charge on any atom is -0.313 e. The zero-order valence-corrected chi connectivity index (χ0v) is 14.0. The number of nitrogens with zero attached hydrogens (tertiary/aromatic N) is 1. The SMILES string of the molecule is ON(Cc1ccccc1I)Cc1ccccc1I. The Morgan fingerprint density at radius 3 is 1.56 bits per heavy atom. The van der Waals surface area contributed by atoms with Gasteiger partial charge in [-0.1, -0.05) is 36.4 Å². The van der Waals surface area contributed by atoms with Gasteiger partial charge in [-0.25, -0.2) is 0 Å². The van der Waals surface area contributed by atoms with Crippen LogP contribution in [0.4, 0.5) is 0 Å². The Bertz CT molecular complexity index is 483. The summed E-state index contributed by atoms with van der Waals surface area (Å²) in [4.78, 5) is 0. The maximum Gasteiger partial charge on any atom is 0.0502 e. The second-order valence-electron chi connectivity index (χ2n) is 4.01. The molecule has 0 atom stereocenters. The van der Waals surface area contributed by atoms with E-state index in [0.29, 0.717) is 13.1 Å². The molecule has 18 heavy (non-hydrogen) atoms. The molecule has 0 fully saturated rings. The third-order valence-electron chi connectivity index (χ3n) is 2.62. The Hall–Kier alpha value is -0.180. The minimum atomic E-state index is 0.546. The Balaban J connectivity index is 2.04. The van der Waals surface area contributed by atoms with Crippen LogP contribution in [0.2, 0.25) is 0 Å². The first-order valence-corrected chi connectivity index (χ1v) is 7.73. The van der Waals surface area contributed by atoms with Crippen LogP contribution in [0.1, 0.15) is 11.1 Å². The van der Waals surface area contributed by atoms with Gasteiger partial charge in [0.15, 0.2) is 0 Å². The zero-order valence-electron chi connectivity index (χ0n) is 9.68. The molecular formula is C14H13I2NO. The van der Waals surface area contributed by atoms with Crippen molar-refractivity contribution in [2.45, 2.75) is 13.1 Å². The lowest BCUT2D eigenvalue weighted by Crippen LogP contribution is -2.19. The first-order chi connectivity index (χ1) is 8.66. The summed E-state index contributed by atoms with van der Waals surface area (Å²) in [5, 5.41) is 11.4. The van der Waals surface area contributed by atoms with E-state index in [0.717, 1.165) is 11.1 Å². The van der Waals surface area contributed by atoms with Crippen molar-refractivity contribution < 1.29 is 5.21 Å². The van der Waals surface area contributed by atoms with Gasteiger partial charge in [0.2, 0.25) is 0 Å². The molecule has 0 bridgehead atoms. The average molecular weight is 465 g/mol. The van der Waals surface area contributed by atoms with Gasteiger partial charge < -0.3 is 5.21 Å². The third-order valence-corrected chi connectivity index (χ3v) is 4.73. The number of halogens is 2. The second kappa shape index (κ2) is 6.83. The summed E-state index contributed by atoms with van der Waals surface area (Å²) < 4.78 is 2.36. The molecule has 0 aliphatic heterocycles. The highest BCUT2D eigenvalue weighted by atomic mass is 127. The fourth-order valence-corrected chi connectivity index (χ4v) is 2.82. The van der Waals surface area contributed by atoms with Crippen molar-refractivity contribution in [1.82, 2.24) is 5.06 Å². The van der Waals surface area contributed by atoms with Crippen molar-refractivity contribution in [3.63, 3.8) is 0 Å². The summed E-state index contributed by atoms with van der Waals surface area (Å²) in [6.07, 6.45) is 0. The minimum absolute atomic E-state index is 0.546. The van der Waals surface area contributed by atoms with Gasteiger partial charge in [0.1, 0.15) is 0 Å². The molecule has 2 nitrogen and oxygen atoms in total. The van der Waals surface area contributed by atoms with Crippen LogP contribution in [-0.2, 0) is 13.1 Å². The van der Waals surface area contributed by atoms with Crippen molar-refractivity contribution in [3.8, 4) is 0 Å². The van der Waals surface area contributed by atoms with Crippen LogP contribution in [0.5, 0.6) is 0 Å². The molecule has 0 aliphatic rings. The molecule has 0 heterocycles. The van der Waals surface area contributed by atoms with E-state index in [9.17, 15) is 5.21 Å². The summed E-state index contributed by atoms with van der Waals surface area (Å²) in [5.41, 5.74) is 2.29. The Morgan fingerprint density at radius 2 is 1.17 bits per heavy atom. The molecule has 0 aromatic heterocycles. The van der Waals surface area contributed by atoms with E-state index in [4.69, 9.17) is 0 Å². The van der Waals surface area contributed by atoms with Crippen LogP contribution in [-0.4, -0.2) is 10.3 Å². The van der Waals surface area contributed by atoms with Crippen molar-refractivity contribution in [3.05, 3.63) is 66.8 Å². The van der Waals surface area contributed by atoms with Crippen molar-refractivity contribution in [1.29, 1.82) is 0 Å². The number of hydroxylamine groups is 2. The standard InChI is InChI=1S/C14H13I2NO/c15-13-7-3-1-5-11(13)9-17(18)10-12-6-2-4-8-14(12)16/h1-8,18H,9-10H2. The molecule has 0 spiro atoms. The Kier molecular flexibility index (Phi) is 5.40. The van der Waals surface area contributed by atoms with Crippen molar-refractivity contribution in [2.24, 2.45) is 0 Å². The zero-order chi connectivity index (χ0) is 13.0. The van der Waals surface area contributed by atoms with Gasteiger partial charge in [-0.3, -0.25) is 0 Å². The van der Waals surface area contributed by atoms with E-state index >= 15 is 0 Å². The lowest BCUT2D eigenvalue weighted by atomic mass is 10.2. The van der Waals surface area contributed by atoms with Crippen LogP contribution in [0.3, 0.4) is 0 Å². The van der Waals surface area contributed by atoms with Crippen molar-refractivity contribution in [2.75, 3.05) is 0 Å². The maximum absolute atomic E-state index is 10.0. The molecule has 1 N–H and O–H groups in total. The van der Waals surface area contributed by atoms with Gasteiger partial charge in [0, 0.05) is 7.14 Å². The normalized spacial score (nSPS) is 10.9. The van der Waals surface area contributed by atoms with E-state index < -0.39 is 0 Å². The molecule has 2 aromatic rings. The fraction of sp³-hybridized carbons (Fsp3) is 0.143. The highest BCUT2D eigenvalue weighted by Crippen LogP contribution is 2.17. The molecule has 0 saturated carbocycles. The van der Waals surface area contributed by atoms with Crippen LogP contribution in [0.25, 0.3) is 0 Å². The van der Waals surface area contributed by atoms with E-state index in [2.05, 4.69) is 57.3 Å². The molecule has 0 radical (unpaired) electrons. The topological polar surface area (TPSA) is 23.5 Å². The molecule has 0 aliphatic carbocycles. The van der Waals surface area contributed by atoms with Gasteiger partial charge in [-0.05, 0) is 68.4 Å². The monoisotopic (exact) mass is 465 g/mol. The highest BCUT2D eigenvalue weighted by molar-refractivity contribution is 14.1. The molecule has 0 unspecified atom stereocenters. The van der Waals surface area contributed by atoms with E-state index in [1.165, 1.54) is 12.2 Å². The van der Waals surface area contributed by atoms with Crippen LogP contribution >= 0.6 is 45.2 Å². The summed E-state index contributed by atoms with van der Waals surface area (Å²) in [6.45, 7) is 1.09. The Labute approximate surface area is 134 Å². The maximum atomic E-state index is 10.0. The van der Waals surface area contributed by atoms with E-state index in [-0.39, 0.29) is 0 Å².